The van der Waals surface area contributed by atoms with Crippen molar-refractivity contribution in [2.75, 3.05) is 5.73 Å². The molecular formula is C10H8N2O2S. The molecule has 0 radical (unpaired) electrons. The van der Waals surface area contributed by atoms with Gasteiger partial charge < -0.3 is 10.5 Å². The molecular weight excluding hydrogens is 212 g/mol. The van der Waals surface area contributed by atoms with E-state index < -0.39 is 5.97 Å². The lowest BCUT2D eigenvalue weighted by Crippen LogP contribution is -2.08. The van der Waals surface area contributed by atoms with E-state index in [4.69, 9.17) is 10.5 Å². The number of nitrogens with zero attached hydrogens (tertiary/aromatic N) is 1. The molecule has 0 fully saturated rings. The number of rotatable bonds is 2. The van der Waals surface area contributed by atoms with Crippen molar-refractivity contribution in [2.45, 2.75) is 0 Å². The molecule has 0 aliphatic heterocycles. The van der Waals surface area contributed by atoms with E-state index in [9.17, 15) is 4.79 Å². The molecule has 2 aromatic rings. The van der Waals surface area contributed by atoms with Gasteiger partial charge in [0.2, 0.25) is 0 Å². The number of ether oxygens (including phenoxy) is 1. The molecule has 0 aliphatic carbocycles. The van der Waals surface area contributed by atoms with E-state index in [-0.39, 0.29) is 0 Å². The predicted molar refractivity (Wildman–Crippen MR) is 57.9 cm³/mol. The fraction of sp³-hybridized carbons (Fsp3) is 0. The molecule has 2 N–H and O–H groups in total. The minimum atomic E-state index is -0.457. The lowest BCUT2D eigenvalue weighted by atomic mass is 10.3. The molecule has 0 aliphatic rings. The van der Waals surface area contributed by atoms with E-state index in [2.05, 4.69) is 4.98 Å². The quantitative estimate of drug-likeness (QED) is 0.477. The molecule has 76 valence electrons. The summed E-state index contributed by atoms with van der Waals surface area (Å²) in [5.74, 6) is 0.00298. The summed E-state index contributed by atoms with van der Waals surface area (Å²) in [7, 11) is 0. The number of benzene rings is 1. The summed E-state index contributed by atoms with van der Waals surface area (Å²) in [6.07, 6.45) is 0. The van der Waals surface area contributed by atoms with Crippen molar-refractivity contribution in [3.05, 3.63) is 40.8 Å². The lowest BCUT2D eigenvalue weighted by Gasteiger charge is -2.01. The summed E-state index contributed by atoms with van der Waals surface area (Å²) in [6, 6.07) is 6.62. The maximum Gasteiger partial charge on any atom is 0.363 e. The number of carbonyl (C=O) groups excluding carboxylic acids is 1. The van der Waals surface area contributed by atoms with Gasteiger partial charge in [-0.1, -0.05) is 0 Å². The summed E-state index contributed by atoms with van der Waals surface area (Å²) in [6.45, 7) is 0. The van der Waals surface area contributed by atoms with Crippen molar-refractivity contribution in [3.63, 3.8) is 0 Å². The molecule has 0 spiro atoms. The number of esters is 1. The predicted octanol–water partition coefficient (Wildman–Crippen LogP) is 1.94. The second kappa shape index (κ2) is 4.10. The van der Waals surface area contributed by atoms with Gasteiger partial charge in [0, 0.05) is 11.1 Å². The average Bonchev–Trinajstić information content (AvgIpc) is 2.74. The fourth-order valence-electron chi connectivity index (χ4n) is 1.01. The number of nitrogen functional groups attached to an aromatic ring is 1. The Kier molecular flexibility index (Phi) is 2.64. The Labute approximate surface area is 90.3 Å². The molecule has 0 saturated heterocycles. The highest BCUT2D eigenvalue weighted by Crippen LogP contribution is 2.14. The first-order chi connectivity index (χ1) is 7.25. The fourth-order valence-corrected chi connectivity index (χ4v) is 1.53. The number of hydrogen-bond donors (Lipinski definition) is 1. The molecule has 0 amide bonds. The second-order valence-corrected chi connectivity index (χ2v) is 3.55. The molecule has 2 rings (SSSR count). The topological polar surface area (TPSA) is 65.2 Å². The summed E-state index contributed by atoms with van der Waals surface area (Å²) in [5, 5.41) is 1.64. The van der Waals surface area contributed by atoms with Crippen LogP contribution in [0.2, 0.25) is 0 Å². The number of carbonyl (C=O) groups is 1. The monoisotopic (exact) mass is 220 g/mol. The normalized spacial score (nSPS) is 9.87. The Hall–Kier alpha value is -1.88. The Morgan fingerprint density at radius 3 is 2.67 bits per heavy atom. The standard InChI is InChI=1S/C10H8N2O2S/c11-7-1-3-8(4-2-7)14-10(13)9-5-15-6-12-9/h1-6H,11H2. The number of thiazole rings is 1. The van der Waals surface area contributed by atoms with Crippen LogP contribution in [-0.2, 0) is 0 Å². The second-order valence-electron chi connectivity index (χ2n) is 2.83. The Morgan fingerprint density at radius 2 is 2.07 bits per heavy atom. The highest BCUT2D eigenvalue weighted by atomic mass is 32.1. The summed E-state index contributed by atoms with van der Waals surface area (Å²) in [5.41, 5.74) is 8.03. The van der Waals surface area contributed by atoms with Gasteiger partial charge in [-0.15, -0.1) is 11.3 Å². The number of nitrogens with two attached hydrogens (primary N) is 1. The lowest BCUT2D eigenvalue weighted by molar-refractivity contribution is 0.0729. The first kappa shape index (κ1) is 9.67. The molecule has 0 bridgehead atoms. The summed E-state index contributed by atoms with van der Waals surface area (Å²) in [4.78, 5) is 15.3. The van der Waals surface area contributed by atoms with Crippen LogP contribution in [-0.4, -0.2) is 11.0 Å². The van der Waals surface area contributed by atoms with E-state index in [1.165, 1.54) is 11.3 Å². The highest BCUT2D eigenvalue weighted by Gasteiger charge is 2.09. The van der Waals surface area contributed by atoms with Gasteiger partial charge in [-0.2, -0.15) is 0 Å². The first-order valence-corrected chi connectivity index (χ1v) is 5.16. The van der Waals surface area contributed by atoms with E-state index in [1.54, 1.807) is 35.2 Å². The number of aromatic nitrogens is 1. The van der Waals surface area contributed by atoms with Crippen molar-refractivity contribution in [1.29, 1.82) is 0 Å². The van der Waals surface area contributed by atoms with Gasteiger partial charge in [0.05, 0.1) is 5.51 Å². The smallest absolute Gasteiger partial charge is 0.363 e. The largest absolute Gasteiger partial charge is 0.422 e. The third kappa shape index (κ3) is 2.32. The van der Waals surface area contributed by atoms with Crippen LogP contribution in [0.15, 0.2) is 35.2 Å². The van der Waals surface area contributed by atoms with Gasteiger partial charge in [0.15, 0.2) is 5.69 Å². The average molecular weight is 220 g/mol. The first-order valence-electron chi connectivity index (χ1n) is 4.21. The molecule has 4 nitrogen and oxygen atoms in total. The van der Waals surface area contributed by atoms with Crippen LogP contribution in [0.5, 0.6) is 5.75 Å². The zero-order chi connectivity index (χ0) is 10.7. The van der Waals surface area contributed by atoms with Crippen LogP contribution in [0.3, 0.4) is 0 Å². The molecule has 15 heavy (non-hydrogen) atoms. The van der Waals surface area contributed by atoms with Gasteiger partial charge >= 0.3 is 5.97 Å². The molecule has 0 unspecified atom stereocenters. The van der Waals surface area contributed by atoms with Crippen LogP contribution >= 0.6 is 11.3 Å². The van der Waals surface area contributed by atoms with Gasteiger partial charge in [0.25, 0.3) is 0 Å². The number of anilines is 1. The molecule has 0 atom stereocenters. The zero-order valence-electron chi connectivity index (χ0n) is 7.71. The maximum absolute atomic E-state index is 11.5. The van der Waals surface area contributed by atoms with E-state index in [0.29, 0.717) is 17.1 Å². The summed E-state index contributed by atoms with van der Waals surface area (Å²) >= 11 is 1.35. The van der Waals surface area contributed by atoms with Crippen LogP contribution in [0.1, 0.15) is 10.5 Å². The Morgan fingerprint density at radius 1 is 1.33 bits per heavy atom. The molecule has 1 aromatic carbocycles. The van der Waals surface area contributed by atoms with Crippen molar-refractivity contribution >= 4 is 23.0 Å². The van der Waals surface area contributed by atoms with Crippen LogP contribution in [0.4, 0.5) is 5.69 Å². The van der Waals surface area contributed by atoms with Crippen molar-refractivity contribution in [3.8, 4) is 5.75 Å². The van der Waals surface area contributed by atoms with E-state index >= 15 is 0 Å². The highest BCUT2D eigenvalue weighted by molar-refractivity contribution is 7.07. The number of hydrogen-bond acceptors (Lipinski definition) is 5. The van der Waals surface area contributed by atoms with Crippen molar-refractivity contribution in [2.24, 2.45) is 0 Å². The maximum atomic E-state index is 11.5. The van der Waals surface area contributed by atoms with Crippen LogP contribution in [0, 0.1) is 0 Å². The molecule has 0 saturated carbocycles. The molecule has 5 heteroatoms. The van der Waals surface area contributed by atoms with Gasteiger partial charge in [0.1, 0.15) is 5.75 Å². The molecule has 1 heterocycles. The van der Waals surface area contributed by atoms with E-state index in [1.807, 2.05) is 0 Å². The molecule has 1 aromatic heterocycles. The van der Waals surface area contributed by atoms with Crippen LogP contribution < -0.4 is 10.5 Å². The van der Waals surface area contributed by atoms with Crippen molar-refractivity contribution in [1.82, 2.24) is 4.98 Å². The van der Waals surface area contributed by atoms with Gasteiger partial charge in [-0.05, 0) is 24.3 Å². The minimum absolute atomic E-state index is 0.317. The van der Waals surface area contributed by atoms with Crippen LogP contribution in [0.25, 0.3) is 0 Å². The zero-order valence-corrected chi connectivity index (χ0v) is 8.53. The Balaban J connectivity index is 2.09. The Bertz CT molecular complexity index is 451. The van der Waals surface area contributed by atoms with E-state index in [0.717, 1.165) is 0 Å². The third-order valence-corrected chi connectivity index (χ3v) is 2.32. The summed E-state index contributed by atoms with van der Waals surface area (Å²) < 4.78 is 5.06. The third-order valence-electron chi connectivity index (χ3n) is 1.73. The minimum Gasteiger partial charge on any atom is -0.422 e. The van der Waals surface area contributed by atoms with Gasteiger partial charge in [-0.25, -0.2) is 9.78 Å². The van der Waals surface area contributed by atoms with Gasteiger partial charge in [-0.3, -0.25) is 0 Å². The SMILES string of the molecule is Nc1ccc(OC(=O)c2cscn2)cc1. The van der Waals surface area contributed by atoms with Crippen molar-refractivity contribution < 1.29 is 9.53 Å².